The summed E-state index contributed by atoms with van der Waals surface area (Å²) in [5.41, 5.74) is 0.666. The number of nitrogens with zero attached hydrogens (tertiary/aromatic N) is 1. The Morgan fingerprint density at radius 1 is 1.06 bits per heavy atom. The molecular weight excluding hydrogens is 420 g/mol. The molecule has 1 aliphatic heterocycles. The van der Waals surface area contributed by atoms with Gasteiger partial charge in [0, 0.05) is 6.54 Å². The van der Waals surface area contributed by atoms with E-state index in [2.05, 4.69) is 16.0 Å². The number of anilines is 1. The number of amides is 5. The molecule has 0 radical (unpaired) electrons. The van der Waals surface area contributed by atoms with Crippen LogP contribution in [0.3, 0.4) is 0 Å². The first-order valence-corrected chi connectivity index (χ1v) is 11.3. The first-order valence-electron chi connectivity index (χ1n) is 11.3. The fraction of sp³-hybridized carbons (Fsp3) is 0.360. The van der Waals surface area contributed by atoms with Crippen LogP contribution in [0, 0.1) is 5.92 Å². The van der Waals surface area contributed by atoms with Gasteiger partial charge in [-0.05, 0) is 36.5 Å². The molecule has 0 bridgehead atoms. The van der Waals surface area contributed by atoms with Gasteiger partial charge in [0.05, 0.1) is 11.3 Å². The number of nitrogens with one attached hydrogen (secondary N) is 3. The summed E-state index contributed by atoms with van der Waals surface area (Å²) in [6.07, 6.45) is 3.33. The summed E-state index contributed by atoms with van der Waals surface area (Å²) in [5, 5.41) is 8.37. The van der Waals surface area contributed by atoms with E-state index in [0.29, 0.717) is 24.2 Å². The lowest BCUT2D eigenvalue weighted by atomic mass is 9.73. The summed E-state index contributed by atoms with van der Waals surface area (Å²) >= 11 is 0. The molecule has 1 saturated heterocycles. The summed E-state index contributed by atoms with van der Waals surface area (Å²) in [6.45, 7) is 1.91. The number of hydrogen-bond donors (Lipinski definition) is 3. The zero-order valence-corrected chi connectivity index (χ0v) is 18.6. The van der Waals surface area contributed by atoms with Crippen LogP contribution in [0.1, 0.15) is 48.5 Å². The molecule has 2 aromatic carbocycles. The van der Waals surface area contributed by atoms with Crippen LogP contribution in [0.25, 0.3) is 0 Å². The van der Waals surface area contributed by atoms with Crippen molar-refractivity contribution in [3.05, 3.63) is 65.7 Å². The minimum atomic E-state index is -0.912. The van der Waals surface area contributed by atoms with Crippen LogP contribution in [0.15, 0.2) is 54.6 Å². The maximum absolute atomic E-state index is 13.1. The Kier molecular flexibility index (Phi) is 6.44. The van der Waals surface area contributed by atoms with Gasteiger partial charge in [-0.1, -0.05) is 62.2 Å². The monoisotopic (exact) mass is 448 g/mol. The highest BCUT2D eigenvalue weighted by Gasteiger charge is 2.55. The lowest BCUT2D eigenvalue weighted by Gasteiger charge is -2.36. The number of carbonyl (C=O) groups is 4. The second-order valence-corrected chi connectivity index (χ2v) is 8.70. The van der Waals surface area contributed by atoms with Crippen molar-refractivity contribution < 1.29 is 19.2 Å². The third-order valence-corrected chi connectivity index (χ3v) is 6.54. The van der Waals surface area contributed by atoms with E-state index in [-0.39, 0.29) is 17.7 Å². The molecule has 0 aromatic heterocycles. The Balaban J connectivity index is 1.41. The number of hydrogen-bond acceptors (Lipinski definition) is 4. The molecule has 8 heteroatoms. The van der Waals surface area contributed by atoms with Crippen molar-refractivity contribution in [3.8, 4) is 0 Å². The van der Waals surface area contributed by atoms with Gasteiger partial charge in [-0.15, -0.1) is 0 Å². The SMILES string of the molecule is CC1CCCCC12NC(=O)N(CC(=O)Nc1ccccc1C(=O)NCc1ccccc1)C2=O. The fourth-order valence-corrected chi connectivity index (χ4v) is 4.64. The summed E-state index contributed by atoms with van der Waals surface area (Å²) in [7, 11) is 0. The molecule has 4 rings (SSSR count). The minimum absolute atomic E-state index is 0.0183. The van der Waals surface area contributed by atoms with Crippen LogP contribution in [-0.4, -0.2) is 40.7 Å². The average Bonchev–Trinajstić information content (AvgIpc) is 3.05. The van der Waals surface area contributed by atoms with Crippen LogP contribution in [0.2, 0.25) is 0 Å². The maximum atomic E-state index is 13.1. The van der Waals surface area contributed by atoms with Crippen molar-refractivity contribution >= 4 is 29.4 Å². The maximum Gasteiger partial charge on any atom is 0.325 e. The first kappa shape index (κ1) is 22.5. The van der Waals surface area contributed by atoms with E-state index in [4.69, 9.17) is 0 Å². The van der Waals surface area contributed by atoms with Crippen molar-refractivity contribution in [3.63, 3.8) is 0 Å². The lowest BCUT2D eigenvalue weighted by molar-refractivity contribution is -0.136. The van der Waals surface area contributed by atoms with Gasteiger partial charge in [-0.25, -0.2) is 4.79 Å². The highest BCUT2D eigenvalue weighted by Crippen LogP contribution is 2.38. The minimum Gasteiger partial charge on any atom is -0.348 e. The molecule has 1 saturated carbocycles. The quantitative estimate of drug-likeness (QED) is 0.590. The summed E-state index contributed by atoms with van der Waals surface area (Å²) in [4.78, 5) is 52.1. The van der Waals surface area contributed by atoms with E-state index in [0.717, 1.165) is 29.7 Å². The van der Waals surface area contributed by atoms with Gasteiger partial charge in [0.25, 0.3) is 11.8 Å². The van der Waals surface area contributed by atoms with E-state index in [1.807, 2.05) is 37.3 Å². The molecule has 2 unspecified atom stereocenters. The molecule has 2 atom stereocenters. The highest BCUT2D eigenvalue weighted by atomic mass is 16.2. The van der Waals surface area contributed by atoms with Gasteiger partial charge >= 0.3 is 6.03 Å². The van der Waals surface area contributed by atoms with Crippen LogP contribution in [0.4, 0.5) is 10.5 Å². The number of benzene rings is 2. The van der Waals surface area contributed by atoms with Gasteiger partial charge in [-0.3, -0.25) is 19.3 Å². The average molecular weight is 449 g/mol. The number of imide groups is 1. The number of rotatable bonds is 6. The third-order valence-electron chi connectivity index (χ3n) is 6.54. The van der Waals surface area contributed by atoms with Gasteiger partial charge in [0.15, 0.2) is 0 Å². The topological polar surface area (TPSA) is 108 Å². The summed E-state index contributed by atoms with van der Waals surface area (Å²) in [6, 6.07) is 15.6. The van der Waals surface area contributed by atoms with Gasteiger partial charge < -0.3 is 16.0 Å². The molecule has 172 valence electrons. The predicted octanol–water partition coefficient (Wildman–Crippen LogP) is 3.06. The molecule has 33 heavy (non-hydrogen) atoms. The Bertz CT molecular complexity index is 1070. The predicted molar refractivity (Wildman–Crippen MR) is 123 cm³/mol. The zero-order chi connectivity index (χ0) is 23.4. The second-order valence-electron chi connectivity index (χ2n) is 8.70. The van der Waals surface area contributed by atoms with E-state index in [9.17, 15) is 19.2 Å². The molecule has 1 heterocycles. The van der Waals surface area contributed by atoms with Gasteiger partial charge in [0.1, 0.15) is 12.1 Å². The molecule has 2 aliphatic rings. The molecule has 8 nitrogen and oxygen atoms in total. The van der Waals surface area contributed by atoms with Crippen molar-refractivity contribution in [2.45, 2.75) is 44.7 Å². The summed E-state index contributed by atoms with van der Waals surface area (Å²) < 4.78 is 0. The Labute approximate surface area is 192 Å². The van der Waals surface area contributed by atoms with E-state index in [1.165, 1.54) is 0 Å². The second kappa shape index (κ2) is 9.44. The molecule has 1 spiro atoms. The van der Waals surface area contributed by atoms with Crippen LogP contribution >= 0.6 is 0 Å². The van der Waals surface area contributed by atoms with Crippen molar-refractivity contribution in [2.75, 3.05) is 11.9 Å². The Morgan fingerprint density at radius 2 is 1.79 bits per heavy atom. The largest absolute Gasteiger partial charge is 0.348 e. The number of para-hydroxylation sites is 1. The normalized spacial score (nSPS) is 22.2. The van der Waals surface area contributed by atoms with Crippen LogP contribution < -0.4 is 16.0 Å². The first-order chi connectivity index (χ1) is 15.9. The van der Waals surface area contributed by atoms with Gasteiger partial charge in [0.2, 0.25) is 5.91 Å². The lowest BCUT2D eigenvalue weighted by Crippen LogP contribution is -2.54. The smallest absolute Gasteiger partial charge is 0.325 e. The molecule has 3 N–H and O–H groups in total. The number of carbonyl (C=O) groups excluding carboxylic acids is 4. The standard InChI is InChI=1S/C25H28N4O4/c1-17-9-7-8-14-25(17)23(32)29(24(33)28-25)16-21(30)27-20-13-6-5-12-19(20)22(31)26-15-18-10-3-2-4-11-18/h2-6,10-13,17H,7-9,14-16H2,1H3,(H,26,31)(H,27,30)(H,28,33). The third kappa shape index (κ3) is 4.60. The summed E-state index contributed by atoms with van der Waals surface area (Å²) in [5.74, 6) is -1.20. The Hall–Kier alpha value is -3.68. The van der Waals surface area contributed by atoms with E-state index < -0.39 is 24.0 Å². The van der Waals surface area contributed by atoms with E-state index >= 15 is 0 Å². The van der Waals surface area contributed by atoms with Crippen LogP contribution in [0.5, 0.6) is 0 Å². The van der Waals surface area contributed by atoms with E-state index in [1.54, 1.807) is 24.3 Å². The molecule has 5 amide bonds. The molecule has 2 aromatic rings. The molecule has 2 fully saturated rings. The zero-order valence-electron chi connectivity index (χ0n) is 18.6. The molecule has 1 aliphatic carbocycles. The van der Waals surface area contributed by atoms with Crippen molar-refractivity contribution in [1.29, 1.82) is 0 Å². The number of urea groups is 1. The van der Waals surface area contributed by atoms with Crippen LogP contribution in [-0.2, 0) is 16.1 Å². The highest BCUT2D eigenvalue weighted by molar-refractivity contribution is 6.11. The molecular formula is C25H28N4O4. The van der Waals surface area contributed by atoms with Crippen molar-refractivity contribution in [2.24, 2.45) is 5.92 Å². The fourth-order valence-electron chi connectivity index (χ4n) is 4.64. The Morgan fingerprint density at radius 3 is 2.55 bits per heavy atom. The van der Waals surface area contributed by atoms with Gasteiger partial charge in [-0.2, -0.15) is 0 Å². The van der Waals surface area contributed by atoms with Crippen molar-refractivity contribution in [1.82, 2.24) is 15.5 Å².